The van der Waals surface area contributed by atoms with Gasteiger partial charge in [0, 0.05) is 6.54 Å². The van der Waals surface area contributed by atoms with Crippen LogP contribution in [0.2, 0.25) is 0 Å². The fourth-order valence-corrected chi connectivity index (χ4v) is 0.763. The Morgan fingerprint density at radius 3 is 2.70 bits per heavy atom. The summed E-state index contributed by atoms with van der Waals surface area (Å²) in [6, 6.07) is 5.03. The molecule has 0 amide bonds. The maximum atomic E-state index is 12.7. The van der Waals surface area contributed by atoms with Gasteiger partial charge in [-0.2, -0.15) is 0 Å². The summed E-state index contributed by atoms with van der Waals surface area (Å²) in [4.78, 5) is 0. The number of hydrogen-bond donors (Lipinski definition) is 1. The minimum absolute atomic E-state index is 0.178. The number of hydrogen-bond acceptors (Lipinski definition) is 1. The molecule has 1 nitrogen and oxygen atoms in total. The highest BCUT2D eigenvalue weighted by Crippen LogP contribution is 2.07. The Morgan fingerprint density at radius 2 is 2.20 bits per heavy atom. The second kappa shape index (κ2) is 2.80. The highest BCUT2D eigenvalue weighted by Gasteiger charge is 1.95. The van der Waals surface area contributed by atoms with Gasteiger partial charge in [-0.25, -0.2) is 4.39 Å². The topological polar surface area (TPSA) is 26.0 Å². The fraction of sp³-hybridized carbons (Fsp3) is 0.250. The molecule has 2 N–H and O–H groups in total. The van der Waals surface area contributed by atoms with Crippen LogP contribution >= 0.6 is 0 Å². The first-order chi connectivity index (χ1) is 4.74. The van der Waals surface area contributed by atoms with Crippen molar-refractivity contribution in [2.24, 2.45) is 5.73 Å². The number of halogens is 1. The molecule has 0 radical (unpaired) electrons. The van der Waals surface area contributed by atoms with Crippen molar-refractivity contribution in [2.45, 2.75) is 13.5 Å². The van der Waals surface area contributed by atoms with Crippen LogP contribution in [0.15, 0.2) is 18.2 Å². The summed E-state index contributed by atoms with van der Waals surface area (Å²) in [7, 11) is 0. The van der Waals surface area contributed by atoms with Crippen molar-refractivity contribution in [1.82, 2.24) is 0 Å². The quantitative estimate of drug-likeness (QED) is 0.628. The highest BCUT2D eigenvalue weighted by molar-refractivity contribution is 5.22. The summed E-state index contributed by atoms with van der Waals surface area (Å²) in [5.74, 6) is -0.178. The van der Waals surface area contributed by atoms with Crippen molar-refractivity contribution in [3.63, 3.8) is 0 Å². The monoisotopic (exact) mass is 139 g/mol. The first kappa shape index (κ1) is 7.22. The standard InChI is InChI=1S/C8H10FN/c1-6-2-3-7(5-10)4-8(6)9/h2-4H,5,10H2,1H3. The Kier molecular flexibility index (Phi) is 2.02. The lowest BCUT2D eigenvalue weighted by atomic mass is 10.1. The molecule has 0 aromatic heterocycles. The zero-order chi connectivity index (χ0) is 7.56. The van der Waals surface area contributed by atoms with Gasteiger partial charge in [0.05, 0.1) is 0 Å². The number of benzene rings is 1. The molecule has 0 saturated heterocycles. The normalized spacial score (nSPS) is 9.90. The minimum Gasteiger partial charge on any atom is -0.326 e. The smallest absolute Gasteiger partial charge is 0.126 e. The summed E-state index contributed by atoms with van der Waals surface area (Å²) >= 11 is 0. The largest absolute Gasteiger partial charge is 0.326 e. The average molecular weight is 139 g/mol. The number of rotatable bonds is 1. The van der Waals surface area contributed by atoms with Crippen molar-refractivity contribution in [3.8, 4) is 0 Å². The van der Waals surface area contributed by atoms with E-state index >= 15 is 0 Å². The predicted octanol–water partition coefficient (Wildman–Crippen LogP) is 1.59. The van der Waals surface area contributed by atoms with Gasteiger partial charge in [0.1, 0.15) is 5.82 Å². The van der Waals surface area contributed by atoms with Crippen LogP contribution in [-0.4, -0.2) is 0 Å². The van der Waals surface area contributed by atoms with Gasteiger partial charge in [-0.05, 0) is 24.1 Å². The van der Waals surface area contributed by atoms with Crippen LogP contribution in [0, 0.1) is 12.7 Å². The van der Waals surface area contributed by atoms with Crippen LogP contribution in [0.3, 0.4) is 0 Å². The number of aryl methyl sites for hydroxylation is 1. The zero-order valence-corrected chi connectivity index (χ0v) is 5.89. The maximum Gasteiger partial charge on any atom is 0.126 e. The van der Waals surface area contributed by atoms with E-state index in [2.05, 4.69) is 0 Å². The van der Waals surface area contributed by atoms with Crippen LogP contribution in [0.4, 0.5) is 4.39 Å². The van der Waals surface area contributed by atoms with Crippen LogP contribution in [0.1, 0.15) is 11.1 Å². The van der Waals surface area contributed by atoms with Crippen molar-refractivity contribution < 1.29 is 4.39 Å². The van der Waals surface area contributed by atoms with Gasteiger partial charge < -0.3 is 5.73 Å². The van der Waals surface area contributed by atoms with E-state index in [1.54, 1.807) is 13.0 Å². The van der Waals surface area contributed by atoms with Gasteiger partial charge in [0.15, 0.2) is 0 Å². The molecule has 1 aromatic carbocycles. The third kappa shape index (κ3) is 1.33. The molecule has 54 valence electrons. The van der Waals surface area contributed by atoms with E-state index in [0.717, 1.165) is 5.56 Å². The van der Waals surface area contributed by atoms with Crippen molar-refractivity contribution >= 4 is 0 Å². The zero-order valence-electron chi connectivity index (χ0n) is 5.89. The van der Waals surface area contributed by atoms with Gasteiger partial charge in [0.25, 0.3) is 0 Å². The molecule has 10 heavy (non-hydrogen) atoms. The van der Waals surface area contributed by atoms with Gasteiger partial charge in [0.2, 0.25) is 0 Å². The predicted molar refractivity (Wildman–Crippen MR) is 39.0 cm³/mol. The molecule has 0 atom stereocenters. The fourth-order valence-electron chi connectivity index (χ4n) is 0.763. The Labute approximate surface area is 59.7 Å². The molecule has 0 unspecified atom stereocenters. The molecule has 0 bridgehead atoms. The number of nitrogens with two attached hydrogens (primary N) is 1. The second-order valence-corrected chi connectivity index (χ2v) is 2.29. The van der Waals surface area contributed by atoms with Gasteiger partial charge in [-0.3, -0.25) is 0 Å². The Balaban J connectivity index is 3.04. The molecule has 0 fully saturated rings. The van der Waals surface area contributed by atoms with Crippen LogP contribution in [0.5, 0.6) is 0 Å². The minimum atomic E-state index is -0.178. The third-order valence-corrected chi connectivity index (χ3v) is 1.47. The highest BCUT2D eigenvalue weighted by atomic mass is 19.1. The first-order valence-electron chi connectivity index (χ1n) is 3.19. The molecule has 0 heterocycles. The molecule has 0 aliphatic rings. The Hall–Kier alpha value is -0.890. The molecule has 0 spiro atoms. The maximum absolute atomic E-state index is 12.7. The SMILES string of the molecule is Cc1ccc(CN)cc1F. The summed E-state index contributed by atoms with van der Waals surface area (Å²) in [6.07, 6.45) is 0. The van der Waals surface area contributed by atoms with Crippen molar-refractivity contribution in [3.05, 3.63) is 35.1 Å². The summed E-state index contributed by atoms with van der Waals surface area (Å²) in [5.41, 5.74) is 6.80. The average Bonchev–Trinajstić information content (AvgIpc) is 1.95. The van der Waals surface area contributed by atoms with E-state index in [9.17, 15) is 4.39 Å². The summed E-state index contributed by atoms with van der Waals surface area (Å²) in [5, 5.41) is 0. The van der Waals surface area contributed by atoms with Gasteiger partial charge in [-0.1, -0.05) is 12.1 Å². The van der Waals surface area contributed by atoms with E-state index in [0.29, 0.717) is 12.1 Å². The molecule has 1 aromatic rings. The molecular weight excluding hydrogens is 129 g/mol. The van der Waals surface area contributed by atoms with E-state index in [-0.39, 0.29) is 5.82 Å². The van der Waals surface area contributed by atoms with Gasteiger partial charge >= 0.3 is 0 Å². The molecule has 0 aliphatic heterocycles. The van der Waals surface area contributed by atoms with Crippen molar-refractivity contribution in [2.75, 3.05) is 0 Å². The van der Waals surface area contributed by atoms with Crippen molar-refractivity contribution in [1.29, 1.82) is 0 Å². The lowest BCUT2D eigenvalue weighted by Gasteiger charge is -1.98. The summed E-state index contributed by atoms with van der Waals surface area (Å²) < 4.78 is 12.7. The van der Waals surface area contributed by atoms with Crippen LogP contribution < -0.4 is 5.73 Å². The van der Waals surface area contributed by atoms with E-state index in [1.807, 2.05) is 6.07 Å². The third-order valence-electron chi connectivity index (χ3n) is 1.47. The summed E-state index contributed by atoms with van der Waals surface area (Å²) in [6.45, 7) is 2.13. The van der Waals surface area contributed by atoms with E-state index in [1.165, 1.54) is 6.07 Å². The lowest BCUT2D eigenvalue weighted by molar-refractivity contribution is 0.616. The molecule has 2 heteroatoms. The van der Waals surface area contributed by atoms with Crippen LogP contribution in [0.25, 0.3) is 0 Å². The lowest BCUT2D eigenvalue weighted by Crippen LogP contribution is -1.96. The van der Waals surface area contributed by atoms with Crippen LogP contribution in [-0.2, 0) is 6.54 Å². The second-order valence-electron chi connectivity index (χ2n) is 2.29. The Morgan fingerprint density at radius 1 is 1.50 bits per heavy atom. The molecular formula is C8H10FN. The molecule has 1 rings (SSSR count). The van der Waals surface area contributed by atoms with Gasteiger partial charge in [-0.15, -0.1) is 0 Å². The van der Waals surface area contributed by atoms with E-state index in [4.69, 9.17) is 5.73 Å². The Bertz CT molecular complexity index is 233. The first-order valence-corrected chi connectivity index (χ1v) is 3.19. The molecule has 0 aliphatic carbocycles. The molecule has 0 saturated carbocycles. The van der Waals surface area contributed by atoms with E-state index < -0.39 is 0 Å².